The van der Waals surface area contributed by atoms with Crippen LogP contribution in [0.4, 0.5) is 5.69 Å². The molecule has 2 aromatic rings. The highest BCUT2D eigenvalue weighted by Crippen LogP contribution is 2.30. The Kier molecular flexibility index (Phi) is 8.79. The number of halogens is 2. The van der Waals surface area contributed by atoms with Crippen LogP contribution >= 0.6 is 23.2 Å². The quantitative estimate of drug-likeness (QED) is 0.477. The predicted octanol–water partition coefficient (Wildman–Crippen LogP) is 4.69. The summed E-state index contributed by atoms with van der Waals surface area (Å²) >= 11 is 12.1. The molecule has 0 unspecified atom stereocenters. The normalized spacial score (nSPS) is 11.7. The highest BCUT2D eigenvalue weighted by Gasteiger charge is 2.30. The smallest absolute Gasteiger partial charge is 0.326 e. The number of benzene rings is 2. The van der Waals surface area contributed by atoms with E-state index in [2.05, 4.69) is 0 Å². The van der Waals surface area contributed by atoms with Crippen molar-refractivity contribution in [3.05, 3.63) is 58.1 Å². The number of esters is 1. The molecule has 0 N–H and O–H groups in total. The lowest BCUT2D eigenvalue weighted by molar-refractivity contribution is -0.158. The number of nitrogens with zero attached hydrogens (tertiary/aromatic N) is 2. The van der Waals surface area contributed by atoms with E-state index in [1.807, 2.05) is 6.92 Å². The number of anilines is 1. The number of amides is 1. The number of hydrogen-bond acceptors (Lipinski definition) is 5. The van der Waals surface area contributed by atoms with E-state index in [1.54, 1.807) is 39.8 Å². The van der Waals surface area contributed by atoms with Gasteiger partial charge in [-0.05, 0) is 65.0 Å². The van der Waals surface area contributed by atoms with Crippen molar-refractivity contribution in [3.63, 3.8) is 0 Å². The minimum Gasteiger partial charge on any atom is -0.459 e. The summed E-state index contributed by atoms with van der Waals surface area (Å²) in [6, 6.07) is 10.6. The summed E-state index contributed by atoms with van der Waals surface area (Å²) in [5.74, 6) is -1.15. The van der Waals surface area contributed by atoms with Crippen molar-refractivity contribution in [3.8, 4) is 0 Å². The van der Waals surface area contributed by atoms with Gasteiger partial charge in [0.05, 0.1) is 20.6 Å². The van der Waals surface area contributed by atoms with E-state index < -0.39 is 34.0 Å². The van der Waals surface area contributed by atoms with Gasteiger partial charge in [-0.25, -0.2) is 8.42 Å². The van der Waals surface area contributed by atoms with E-state index in [4.69, 9.17) is 27.9 Å². The zero-order valence-corrected chi connectivity index (χ0v) is 21.6. The minimum absolute atomic E-state index is 0.0159. The molecule has 0 aromatic heterocycles. The Morgan fingerprint density at radius 3 is 2.09 bits per heavy atom. The average Bonchev–Trinajstić information content (AvgIpc) is 2.71. The standard InChI is InChI=1S/C23H28Cl2N2O5S/c1-6-26(15-22(29)32-23(3,4)5)21(28)14-27(17-9-12-19(24)20(25)13-17)33(30,31)18-10-7-16(2)8-11-18/h7-13H,6,14-15H2,1-5H3. The second-order valence-electron chi connectivity index (χ2n) is 8.42. The number of carbonyl (C=O) groups is 2. The van der Waals surface area contributed by atoms with Gasteiger partial charge in [0.2, 0.25) is 5.91 Å². The van der Waals surface area contributed by atoms with Gasteiger partial charge >= 0.3 is 5.97 Å². The average molecular weight is 515 g/mol. The van der Waals surface area contributed by atoms with E-state index in [9.17, 15) is 18.0 Å². The van der Waals surface area contributed by atoms with Gasteiger partial charge in [-0.2, -0.15) is 0 Å². The molecule has 0 spiro atoms. The van der Waals surface area contributed by atoms with Crippen LogP contribution in [-0.2, 0) is 24.3 Å². The molecule has 180 valence electrons. The molecule has 0 bridgehead atoms. The Morgan fingerprint density at radius 2 is 1.58 bits per heavy atom. The molecule has 0 radical (unpaired) electrons. The van der Waals surface area contributed by atoms with Gasteiger partial charge < -0.3 is 9.64 Å². The van der Waals surface area contributed by atoms with Crippen LogP contribution in [0.1, 0.15) is 33.3 Å². The third-order valence-corrected chi connectivity index (χ3v) is 7.08. The van der Waals surface area contributed by atoms with Crippen molar-refractivity contribution in [2.24, 2.45) is 0 Å². The second kappa shape index (κ2) is 10.8. The molecule has 0 atom stereocenters. The van der Waals surface area contributed by atoms with Crippen LogP contribution in [0.5, 0.6) is 0 Å². The van der Waals surface area contributed by atoms with Crippen LogP contribution in [0.3, 0.4) is 0 Å². The third kappa shape index (κ3) is 7.35. The first-order valence-corrected chi connectivity index (χ1v) is 12.5. The molecule has 0 aliphatic carbocycles. The Balaban J connectivity index is 2.41. The first-order chi connectivity index (χ1) is 15.2. The summed E-state index contributed by atoms with van der Waals surface area (Å²) in [5, 5.41) is 0.395. The monoisotopic (exact) mass is 514 g/mol. The maximum atomic E-state index is 13.5. The number of rotatable bonds is 8. The second-order valence-corrected chi connectivity index (χ2v) is 11.1. The molecule has 0 aliphatic heterocycles. The molecule has 2 aromatic carbocycles. The van der Waals surface area contributed by atoms with Crippen molar-refractivity contribution in [2.45, 2.75) is 45.1 Å². The van der Waals surface area contributed by atoms with Crippen molar-refractivity contribution < 1.29 is 22.7 Å². The Labute approximate surface area is 205 Å². The SMILES string of the molecule is CCN(CC(=O)OC(C)(C)C)C(=O)CN(c1ccc(Cl)c(Cl)c1)S(=O)(=O)c1ccc(C)cc1. The predicted molar refractivity (Wildman–Crippen MR) is 130 cm³/mol. The molecule has 0 saturated heterocycles. The van der Waals surface area contributed by atoms with Crippen molar-refractivity contribution in [1.29, 1.82) is 0 Å². The van der Waals surface area contributed by atoms with Crippen LogP contribution in [0.25, 0.3) is 0 Å². The van der Waals surface area contributed by atoms with E-state index in [-0.39, 0.29) is 33.7 Å². The van der Waals surface area contributed by atoms with Crippen LogP contribution in [0.2, 0.25) is 10.0 Å². The number of hydrogen-bond donors (Lipinski definition) is 0. The van der Waals surface area contributed by atoms with Crippen LogP contribution in [0, 0.1) is 6.92 Å². The molecule has 1 amide bonds. The maximum Gasteiger partial charge on any atom is 0.326 e. The summed E-state index contributed by atoms with van der Waals surface area (Å²) in [6.07, 6.45) is 0. The number of likely N-dealkylation sites (N-methyl/N-ethyl adjacent to an activating group) is 1. The third-order valence-electron chi connectivity index (χ3n) is 4.55. The molecule has 0 heterocycles. The largest absolute Gasteiger partial charge is 0.459 e. The Morgan fingerprint density at radius 1 is 0.970 bits per heavy atom. The maximum absolute atomic E-state index is 13.5. The van der Waals surface area contributed by atoms with E-state index in [0.29, 0.717) is 0 Å². The highest BCUT2D eigenvalue weighted by atomic mass is 35.5. The van der Waals surface area contributed by atoms with E-state index in [0.717, 1.165) is 9.87 Å². The fourth-order valence-electron chi connectivity index (χ4n) is 2.92. The van der Waals surface area contributed by atoms with Gasteiger partial charge in [-0.15, -0.1) is 0 Å². The molecule has 2 rings (SSSR count). The molecular formula is C23H28Cl2N2O5S. The van der Waals surface area contributed by atoms with Gasteiger partial charge in [0.25, 0.3) is 10.0 Å². The molecule has 0 aliphatic rings. The van der Waals surface area contributed by atoms with Gasteiger partial charge in [0, 0.05) is 6.54 Å². The molecule has 0 fully saturated rings. The fraction of sp³-hybridized carbons (Fsp3) is 0.391. The minimum atomic E-state index is -4.13. The van der Waals surface area contributed by atoms with Gasteiger partial charge in [-0.3, -0.25) is 13.9 Å². The molecule has 33 heavy (non-hydrogen) atoms. The summed E-state index contributed by atoms with van der Waals surface area (Å²) < 4.78 is 33.2. The number of ether oxygens (including phenoxy) is 1. The van der Waals surface area contributed by atoms with Crippen molar-refractivity contribution in [1.82, 2.24) is 4.90 Å². The topological polar surface area (TPSA) is 84.0 Å². The summed E-state index contributed by atoms with van der Waals surface area (Å²) in [6.45, 7) is 8.07. The number of carbonyl (C=O) groups excluding carboxylic acids is 2. The first kappa shape index (κ1) is 27.0. The summed E-state index contributed by atoms with van der Waals surface area (Å²) in [4.78, 5) is 26.6. The zero-order valence-electron chi connectivity index (χ0n) is 19.3. The Bertz CT molecular complexity index is 1110. The highest BCUT2D eigenvalue weighted by molar-refractivity contribution is 7.92. The van der Waals surface area contributed by atoms with Crippen LogP contribution < -0.4 is 4.31 Å². The fourth-order valence-corrected chi connectivity index (χ4v) is 4.62. The lowest BCUT2D eigenvalue weighted by atomic mass is 10.2. The molecule has 0 saturated carbocycles. The zero-order chi connectivity index (χ0) is 25.0. The van der Waals surface area contributed by atoms with Gasteiger partial charge in [0.15, 0.2) is 0 Å². The number of aryl methyl sites for hydroxylation is 1. The van der Waals surface area contributed by atoms with E-state index >= 15 is 0 Å². The van der Waals surface area contributed by atoms with Crippen molar-refractivity contribution in [2.75, 3.05) is 23.9 Å². The first-order valence-electron chi connectivity index (χ1n) is 10.3. The van der Waals surface area contributed by atoms with Crippen LogP contribution in [0.15, 0.2) is 47.4 Å². The summed E-state index contributed by atoms with van der Waals surface area (Å²) in [7, 11) is -4.13. The molecular weight excluding hydrogens is 487 g/mol. The molecule has 10 heteroatoms. The lowest BCUT2D eigenvalue weighted by Crippen LogP contribution is -2.45. The van der Waals surface area contributed by atoms with E-state index in [1.165, 1.54) is 35.2 Å². The van der Waals surface area contributed by atoms with Crippen molar-refractivity contribution >= 4 is 50.8 Å². The Hall–Kier alpha value is -2.29. The van der Waals surface area contributed by atoms with Gasteiger partial charge in [0.1, 0.15) is 18.7 Å². The molecule has 7 nitrogen and oxygen atoms in total. The van der Waals surface area contributed by atoms with Crippen LogP contribution in [-0.4, -0.2) is 50.4 Å². The lowest BCUT2D eigenvalue weighted by Gasteiger charge is -2.28. The summed E-state index contributed by atoms with van der Waals surface area (Å²) in [5.41, 5.74) is 0.354. The number of sulfonamides is 1. The van der Waals surface area contributed by atoms with Gasteiger partial charge in [-0.1, -0.05) is 40.9 Å².